The maximum Gasteiger partial charge on any atom is 0.415 e. The van der Waals surface area contributed by atoms with Gasteiger partial charge < -0.3 is 18.9 Å². The Hall–Kier alpha value is -1.68. The summed E-state index contributed by atoms with van der Waals surface area (Å²) in [6.07, 6.45) is 2.19. The lowest BCUT2D eigenvalue weighted by Crippen LogP contribution is -2.56. The van der Waals surface area contributed by atoms with Crippen molar-refractivity contribution in [2.45, 2.75) is 69.5 Å². The summed E-state index contributed by atoms with van der Waals surface area (Å²) >= 11 is 5.32. The number of imide groups is 2. The molecule has 0 aromatic carbocycles. The number of nitrogens with one attached hydrogen (secondary N) is 2. The number of allylic oxidation sites excluding steroid dienone is 1. The van der Waals surface area contributed by atoms with Crippen molar-refractivity contribution in [3.05, 3.63) is 11.6 Å². The van der Waals surface area contributed by atoms with Crippen LogP contribution >= 0.6 is 11.6 Å². The maximum atomic E-state index is 12.2. The van der Waals surface area contributed by atoms with E-state index in [1.165, 1.54) is 5.57 Å². The molecule has 3 fully saturated rings. The van der Waals surface area contributed by atoms with Crippen LogP contribution in [0.5, 0.6) is 0 Å². The zero-order chi connectivity index (χ0) is 22.1. The van der Waals surface area contributed by atoms with Crippen LogP contribution in [0.3, 0.4) is 0 Å². The fourth-order valence-corrected chi connectivity index (χ4v) is 4.59. The van der Waals surface area contributed by atoms with Crippen LogP contribution in [0.15, 0.2) is 11.6 Å². The van der Waals surface area contributed by atoms with E-state index < -0.39 is 41.7 Å². The fourth-order valence-electron chi connectivity index (χ4n) is 4.52. The van der Waals surface area contributed by atoms with E-state index in [1.807, 2.05) is 31.4 Å². The van der Waals surface area contributed by atoms with Gasteiger partial charge in [-0.3, -0.25) is 10.1 Å². The monoisotopic (exact) mass is 444 g/mol. The minimum atomic E-state index is -0.992. The molecule has 0 radical (unpaired) electrons. The Balaban J connectivity index is 1.66. The molecule has 6 atom stereocenters. The van der Waals surface area contributed by atoms with Gasteiger partial charge in [-0.2, -0.15) is 0 Å². The third kappa shape index (κ3) is 4.80. The van der Waals surface area contributed by atoms with Gasteiger partial charge in [0.2, 0.25) is 5.91 Å². The Bertz CT molecular complexity index is 735. The summed E-state index contributed by atoms with van der Waals surface area (Å²) in [5.74, 6) is -1.24. The van der Waals surface area contributed by atoms with Crippen molar-refractivity contribution >= 4 is 29.6 Å². The number of hydrogen-bond donors (Lipinski definition) is 2. The van der Waals surface area contributed by atoms with E-state index in [9.17, 15) is 14.4 Å². The summed E-state index contributed by atoms with van der Waals surface area (Å²) in [6.45, 7) is 6.75. The first-order valence-electron chi connectivity index (χ1n) is 10.0. The Morgan fingerprint density at radius 3 is 2.53 bits per heavy atom. The minimum Gasteiger partial charge on any atom is -0.443 e. The standard InChI is InChI=1S/C20H29ClN2O7/c1-11(2)5-6-13-19(3,30-13)16-15(27-4)12(7-8-20(16)10-28-20)29-18(26)23-17(25)22-14(24)9-21/h5,12-13,15-16H,6-10H2,1-4H3,(H2,22,23,24,25,26)/t12-,13-,15-,16-,19+,20+/m1/s1. The first kappa shape index (κ1) is 23.0. The molecule has 4 amide bonds. The number of carbonyl (C=O) groups excluding carboxylic acids is 3. The van der Waals surface area contributed by atoms with Crippen LogP contribution in [-0.2, 0) is 23.7 Å². The Morgan fingerprint density at radius 2 is 1.97 bits per heavy atom. The highest BCUT2D eigenvalue weighted by Gasteiger charge is 2.72. The van der Waals surface area contributed by atoms with Gasteiger partial charge in [0.25, 0.3) is 0 Å². The van der Waals surface area contributed by atoms with Crippen LogP contribution in [-0.4, -0.2) is 67.1 Å². The summed E-state index contributed by atoms with van der Waals surface area (Å²) in [5.41, 5.74) is 0.433. The Labute approximate surface area is 180 Å². The van der Waals surface area contributed by atoms with E-state index in [1.54, 1.807) is 7.11 Å². The molecule has 0 unspecified atom stereocenters. The highest BCUT2D eigenvalue weighted by Crippen LogP contribution is 2.59. The van der Waals surface area contributed by atoms with Gasteiger partial charge in [-0.25, -0.2) is 14.9 Å². The molecule has 0 aromatic heterocycles. The SMILES string of the molecule is CO[C@@H]1[C@H](OC(=O)NC(=O)NC(=O)CCl)CC[C@]2(CO2)[C@H]1[C@@]1(C)O[C@@H]1CC=C(C)C. The summed E-state index contributed by atoms with van der Waals surface area (Å²) in [6, 6.07) is -0.992. The number of ether oxygens (including phenoxy) is 4. The van der Waals surface area contributed by atoms with Gasteiger partial charge in [0.1, 0.15) is 29.3 Å². The molecule has 1 spiro atoms. The summed E-state index contributed by atoms with van der Waals surface area (Å²) < 4.78 is 23.2. The van der Waals surface area contributed by atoms with Crippen LogP contribution in [0.2, 0.25) is 0 Å². The van der Waals surface area contributed by atoms with E-state index in [-0.39, 0.29) is 17.6 Å². The topological polar surface area (TPSA) is 119 Å². The lowest BCUT2D eigenvalue weighted by atomic mass is 9.68. The smallest absolute Gasteiger partial charge is 0.415 e. The molecule has 2 aliphatic heterocycles. The lowest BCUT2D eigenvalue weighted by Gasteiger charge is -2.42. The zero-order valence-electron chi connectivity index (χ0n) is 17.7. The second-order valence-corrected chi connectivity index (χ2v) is 8.72. The number of amides is 4. The third-order valence-corrected chi connectivity index (χ3v) is 6.33. The van der Waals surface area contributed by atoms with Crippen molar-refractivity contribution in [3.63, 3.8) is 0 Å². The number of rotatable bonds is 6. The highest BCUT2D eigenvalue weighted by molar-refractivity contribution is 6.28. The maximum absolute atomic E-state index is 12.2. The van der Waals surface area contributed by atoms with Gasteiger partial charge in [-0.05, 0) is 40.0 Å². The quantitative estimate of drug-likeness (QED) is 0.366. The summed E-state index contributed by atoms with van der Waals surface area (Å²) in [4.78, 5) is 35.0. The summed E-state index contributed by atoms with van der Waals surface area (Å²) in [7, 11) is 1.57. The molecule has 0 bridgehead atoms. The van der Waals surface area contributed by atoms with Gasteiger partial charge in [-0.15, -0.1) is 11.6 Å². The van der Waals surface area contributed by atoms with Crippen molar-refractivity contribution < 1.29 is 33.3 Å². The highest BCUT2D eigenvalue weighted by atomic mass is 35.5. The molecule has 1 saturated carbocycles. The second-order valence-electron chi connectivity index (χ2n) is 8.46. The van der Waals surface area contributed by atoms with Crippen LogP contribution in [0.25, 0.3) is 0 Å². The number of alkyl carbamates (subject to hydrolysis) is 1. The summed E-state index contributed by atoms with van der Waals surface area (Å²) in [5, 5.41) is 3.89. The molecule has 168 valence electrons. The fraction of sp³-hybridized carbons (Fsp3) is 0.750. The van der Waals surface area contributed by atoms with Gasteiger partial charge >= 0.3 is 12.1 Å². The number of epoxide rings is 2. The first-order chi connectivity index (χ1) is 14.1. The lowest BCUT2D eigenvalue weighted by molar-refractivity contribution is -0.118. The van der Waals surface area contributed by atoms with Crippen molar-refractivity contribution in [1.82, 2.24) is 10.6 Å². The van der Waals surface area contributed by atoms with Crippen molar-refractivity contribution in [2.24, 2.45) is 5.92 Å². The molecule has 0 aromatic rings. The molecule has 1 aliphatic carbocycles. The van der Waals surface area contributed by atoms with E-state index in [4.69, 9.17) is 30.5 Å². The number of methoxy groups -OCH3 is 1. The van der Waals surface area contributed by atoms with Gasteiger partial charge in [0.05, 0.1) is 18.6 Å². The Morgan fingerprint density at radius 1 is 1.27 bits per heavy atom. The first-order valence-corrected chi connectivity index (χ1v) is 10.5. The molecule has 30 heavy (non-hydrogen) atoms. The van der Waals surface area contributed by atoms with E-state index in [2.05, 4.69) is 6.08 Å². The molecule has 2 N–H and O–H groups in total. The van der Waals surface area contributed by atoms with E-state index in [0.717, 1.165) is 6.42 Å². The predicted molar refractivity (Wildman–Crippen MR) is 107 cm³/mol. The average Bonchev–Trinajstić information content (AvgIpc) is 3.58. The van der Waals surface area contributed by atoms with Crippen LogP contribution in [0, 0.1) is 5.92 Å². The molecular weight excluding hydrogens is 416 g/mol. The van der Waals surface area contributed by atoms with Crippen molar-refractivity contribution in [1.29, 1.82) is 0 Å². The van der Waals surface area contributed by atoms with Gasteiger partial charge in [-0.1, -0.05) is 11.6 Å². The minimum absolute atomic E-state index is 0.0380. The molecule has 9 nitrogen and oxygen atoms in total. The second kappa shape index (κ2) is 8.82. The number of alkyl halides is 1. The molecule has 3 rings (SSSR count). The van der Waals surface area contributed by atoms with Gasteiger partial charge in [0, 0.05) is 7.11 Å². The molecular formula is C20H29ClN2O7. The average molecular weight is 445 g/mol. The van der Waals surface area contributed by atoms with E-state index >= 15 is 0 Å². The largest absolute Gasteiger partial charge is 0.443 e. The number of carbonyl (C=O) groups is 3. The van der Waals surface area contributed by atoms with Crippen LogP contribution in [0.4, 0.5) is 9.59 Å². The van der Waals surface area contributed by atoms with Crippen molar-refractivity contribution in [3.8, 4) is 0 Å². The number of hydrogen-bond acceptors (Lipinski definition) is 7. The molecule has 10 heteroatoms. The molecule has 2 saturated heterocycles. The Kier molecular flexibility index (Phi) is 6.76. The normalized spacial score (nSPS) is 36.6. The number of halogens is 1. The third-order valence-electron chi connectivity index (χ3n) is 6.09. The van der Waals surface area contributed by atoms with Crippen LogP contribution < -0.4 is 10.6 Å². The predicted octanol–water partition coefficient (Wildman–Crippen LogP) is 2.26. The number of urea groups is 1. The molecule has 3 aliphatic rings. The van der Waals surface area contributed by atoms with Gasteiger partial charge in [0.15, 0.2) is 0 Å². The van der Waals surface area contributed by atoms with E-state index in [0.29, 0.717) is 19.4 Å². The van der Waals surface area contributed by atoms with Crippen LogP contribution in [0.1, 0.15) is 40.0 Å². The zero-order valence-corrected chi connectivity index (χ0v) is 18.4. The van der Waals surface area contributed by atoms with Crippen molar-refractivity contribution in [2.75, 3.05) is 19.6 Å². The molecule has 2 heterocycles.